The van der Waals surface area contributed by atoms with E-state index < -0.39 is 17.5 Å². The van der Waals surface area contributed by atoms with Crippen molar-refractivity contribution in [3.05, 3.63) is 59.9 Å². The summed E-state index contributed by atoms with van der Waals surface area (Å²) >= 11 is 0. The van der Waals surface area contributed by atoms with Crippen molar-refractivity contribution < 1.29 is 18.3 Å². The van der Waals surface area contributed by atoms with Crippen molar-refractivity contribution in [3.8, 4) is 17.1 Å². The molecule has 2 aliphatic heterocycles. The van der Waals surface area contributed by atoms with Crippen LogP contribution in [-0.4, -0.2) is 28.6 Å². The second kappa shape index (κ2) is 7.58. The second-order valence-electron chi connectivity index (χ2n) is 7.06. The van der Waals surface area contributed by atoms with Gasteiger partial charge in [-0.25, -0.2) is 13.8 Å². The predicted molar refractivity (Wildman–Crippen MR) is 101 cm³/mol. The van der Waals surface area contributed by atoms with Crippen LogP contribution in [0.4, 0.5) is 8.78 Å². The zero-order valence-corrected chi connectivity index (χ0v) is 15.5. The molecule has 1 aromatic rings. The molecule has 4 rings (SSSR count). The number of aromatic nitrogens is 2. The number of fused-ring (bicyclic) bond motifs is 1. The van der Waals surface area contributed by atoms with Crippen molar-refractivity contribution >= 4 is 5.91 Å². The second-order valence-corrected chi connectivity index (χ2v) is 7.06. The number of hydrogen-bond acceptors (Lipinski definition) is 3. The van der Waals surface area contributed by atoms with E-state index in [1.165, 1.54) is 13.2 Å². The molecule has 3 aliphatic rings. The quantitative estimate of drug-likeness (QED) is 0.733. The van der Waals surface area contributed by atoms with Gasteiger partial charge in [0.25, 0.3) is 5.91 Å². The fraction of sp³-hybridized carbons (Fsp3) is 0.333. The van der Waals surface area contributed by atoms with Gasteiger partial charge in [-0.2, -0.15) is 0 Å². The molecule has 1 amide bonds. The summed E-state index contributed by atoms with van der Waals surface area (Å²) in [5.41, 5.74) is 0.719. The van der Waals surface area contributed by atoms with Crippen molar-refractivity contribution in [2.24, 2.45) is 0 Å². The van der Waals surface area contributed by atoms with Crippen LogP contribution in [0.5, 0.6) is 5.75 Å². The molecule has 1 N–H and O–H groups in total. The first-order chi connectivity index (χ1) is 13.6. The highest BCUT2D eigenvalue weighted by Gasteiger charge is 2.28. The maximum absolute atomic E-state index is 14.1. The number of amides is 1. The largest absolute Gasteiger partial charge is 0.496 e. The van der Waals surface area contributed by atoms with Crippen LogP contribution in [-0.2, 0) is 0 Å². The van der Waals surface area contributed by atoms with E-state index in [9.17, 15) is 13.6 Å². The summed E-state index contributed by atoms with van der Waals surface area (Å²) in [6, 6.07) is 8.44. The molecule has 0 spiro atoms. The van der Waals surface area contributed by atoms with Gasteiger partial charge in [0, 0.05) is 30.0 Å². The average Bonchev–Trinajstić information content (AvgIpc) is 3.19. The first-order valence-electron chi connectivity index (χ1n) is 9.33. The number of ether oxygens (including phenoxy) is 1. The van der Waals surface area contributed by atoms with E-state index in [4.69, 9.17) is 4.74 Å². The van der Waals surface area contributed by atoms with Crippen molar-refractivity contribution in [1.82, 2.24) is 14.9 Å². The Morgan fingerprint density at radius 1 is 1.18 bits per heavy atom. The summed E-state index contributed by atoms with van der Waals surface area (Å²) in [6.45, 7) is 0. The topological polar surface area (TPSA) is 56.1 Å². The highest BCUT2D eigenvalue weighted by molar-refractivity contribution is 5.97. The van der Waals surface area contributed by atoms with Gasteiger partial charge in [0.1, 0.15) is 17.1 Å². The Balaban J connectivity index is 1.43. The van der Waals surface area contributed by atoms with Gasteiger partial charge in [0.05, 0.1) is 7.11 Å². The van der Waals surface area contributed by atoms with Crippen LogP contribution in [0.15, 0.2) is 42.7 Å². The number of carbonyl (C=O) groups excluding carboxylic acids is 1. The number of nitrogens with zero attached hydrogens (tertiary/aromatic N) is 2. The Morgan fingerprint density at radius 2 is 1.96 bits per heavy atom. The minimum Gasteiger partial charge on any atom is -0.496 e. The lowest BCUT2D eigenvalue weighted by Crippen LogP contribution is -2.38. The molecule has 0 unspecified atom stereocenters. The summed E-state index contributed by atoms with van der Waals surface area (Å²) in [4.78, 5) is 17.0. The average molecular weight is 385 g/mol. The molecule has 1 saturated carbocycles. The molecule has 0 saturated heterocycles. The van der Waals surface area contributed by atoms with Crippen molar-refractivity contribution in [3.63, 3.8) is 0 Å². The molecule has 0 bridgehead atoms. The summed E-state index contributed by atoms with van der Waals surface area (Å²) in [7, 11) is 1.32. The van der Waals surface area contributed by atoms with Crippen LogP contribution >= 0.6 is 0 Å². The van der Waals surface area contributed by atoms with Crippen molar-refractivity contribution in [2.75, 3.05) is 7.11 Å². The molecule has 1 aliphatic carbocycles. The first-order valence-corrected chi connectivity index (χ1v) is 9.33. The molecule has 0 radical (unpaired) electrons. The van der Waals surface area contributed by atoms with E-state index in [0.29, 0.717) is 6.04 Å². The normalized spacial score (nSPS) is 19.5. The SMILES string of the molecule is COc1ccc(F)c(F)c1C(=O)NC1CCC(n2cccc3ccnc2-3)CC1. The highest BCUT2D eigenvalue weighted by atomic mass is 19.2. The Labute approximate surface area is 161 Å². The number of nitrogens with one attached hydrogen (secondary N) is 1. The van der Waals surface area contributed by atoms with E-state index >= 15 is 0 Å². The van der Waals surface area contributed by atoms with Gasteiger partial charge in [-0.1, -0.05) is 0 Å². The number of methoxy groups -OCH3 is 1. The van der Waals surface area contributed by atoms with Crippen molar-refractivity contribution in [2.45, 2.75) is 37.8 Å². The summed E-state index contributed by atoms with van der Waals surface area (Å²) < 4.78 is 34.9. The van der Waals surface area contributed by atoms with Gasteiger partial charge in [0.15, 0.2) is 11.6 Å². The Morgan fingerprint density at radius 3 is 2.71 bits per heavy atom. The predicted octanol–water partition coefficient (Wildman–Crippen LogP) is 4.19. The van der Waals surface area contributed by atoms with Gasteiger partial charge in [0.2, 0.25) is 0 Å². The molecule has 28 heavy (non-hydrogen) atoms. The van der Waals surface area contributed by atoms with E-state index in [-0.39, 0.29) is 17.4 Å². The molecule has 1 fully saturated rings. The number of halogens is 2. The molecule has 146 valence electrons. The Kier molecular flexibility index (Phi) is 4.98. The lowest BCUT2D eigenvalue weighted by atomic mass is 9.90. The summed E-state index contributed by atoms with van der Waals surface area (Å²) in [5, 5.41) is 2.83. The summed E-state index contributed by atoms with van der Waals surface area (Å²) in [5.74, 6) is -1.92. The smallest absolute Gasteiger partial charge is 0.258 e. The van der Waals surface area contributed by atoms with Crippen LogP contribution in [0.3, 0.4) is 0 Å². The maximum Gasteiger partial charge on any atom is 0.258 e. The molecular weight excluding hydrogens is 364 g/mol. The molecule has 0 aromatic heterocycles. The highest BCUT2D eigenvalue weighted by Crippen LogP contribution is 2.33. The van der Waals surface area contributed by atoms with Crippen LogP contribution in [0, 0.1) is 11.6 Å². The number of carbonyl (C=O) groups is 1. The van der Waals surface area contributed by atoms with Crippen LogP contribution in [0.1, 0.15) is 42.1 Å². The molecule has 0 atom stereocenters. The van der Waals surface area contributed by atoms with Gasteiger partial charge >= 0.3 is 0 Å². The fourth-order valence-corrected chi connectivity index (χ4v) is 3.96. The van der Waals surface area contributed by atoms with Crippen LogP contribution < -0.4 is 10.1 Å². The lowest BCUT2D eigenvalue weighted by Gasteiger charge is -2.31. The van der Waals surface area contributed by atoms with Gasteiger partial charge < -0.3 is 14.6 Å². The van der Waals surface area contributed by atoms with Gasteiger partial charge in [-0.3, -0.25) is 4.79 Å². The number of pyridine rings is 1. The monoisotopic (exact) mass is 385 g/mol. The zero-order chi connectivity index (χ0) is 19.7. The number of rotatable bonds is 4. The standard InChI is InChI=1S/C21H21F2N3O2/c1-28-17-9-8-16(22)19(23)18(17)21(27)25-14-4-6-15(7-5-14)26-12-2-3-13-10-11-24-20(13)26/h2-3,8-12,14-15H,4-7H2,1H3,(H,25,27). The minimum absolute atomic E-state index is 0.0228. The fourth-order valence-electron chi connectivity index (χ4n) is 3.96. The van der Waals surface area contributed by atoms with Gasteiger partial charge in [-0.15, -0.1) is 0 Å². The van der Waals surface area contributed by atoms with E-state index in [0.717, 1.165) is 43.1 Å². The third-order valence-corrected chi connectivity index (χ3v) is 5.41. The lowest BCUT2D eigenvalue weighted by molar-refractivity contribution is 0.0914. The van der Waals surface area contributed by atoms with E-state index in [1.807, 2.05) is 24.4 Å². The minimum atomic E-state index is -1.19. The molecule has 7 heteroatoms. The number of benzene rings is 1. The van der Waals surface area contributed by atoms with Crippen LogP contribution in [0.25, 0.3) is 11.4 Å². The Hall–Kier alpha value is -2.96. The molecule has 1 aromatic carbocycles. The number of hydrogen-bond donors (Lipinski definition) is 1. The van der Waals surface area contributed by atoms with Gasteiger partial charge in [-0.05, 0) is 56.0 Å². The molecular formula is C21H21F2N3O2. The Bertz CT molecular complexity index is 964. The van der Waals surface area contributed by atoms with E-state index in [1.54, 1.807) is 6.20 Å². The van der Waals surface area contributed by atoms with Crippen molar-refractivity contribution in [1.29, 1.82) is 0 Å². The third kappa shape index (κ3) is 3.32. The molecule has 5 nitrogen and oxygen atoms in total. The zero-order valence-electron chi connectivity index (χ0n) is 15.5. The summed E-state index contributed by atoms with van der Waals surface area (Å²) in [6.07, 6.45) is 7.06. The van der Waals surface area contributed by atoms with Crippen LogP contribution in [0.2, 0.25) is 0 Å². The maximum atomic E-state index is 14.1. The third-order valence-electron chi connectivity index (χ3n) is 5.41. The molecule has 2 heterocycles. The van der Waals surface area contributed by atoms with E-state index in [2.05, 4.69) is 14.9 Å². The first kappa shape index (κ1) is 18.4.